The third kappa shape index (κ3) is 2.80. The van der Waals surface area contributed by atoms with Gasteiger partial charge in [-0.25, -0.2) is 0 Å². The molecule has 0 nitrogen and oxygen atoms in total. The van der Waals surface area contributed by atoms with Crippen molar-refractivity contribution in [2.45, 2.75) is 27.9 Å². The van der Waals surface area contributed by atoms with E-state index >= 15 is 0 Å². The Morgan fingerprint density at radius 3 is 2.10 bits per heavy atom. The Bertz CT molecular complexity index is 117. The van der Waals surface area contributed by atoms with Crippen LogP contribution >= 0.6 is 50.5 Å². The lowest BCUT2D eigenvalue weighted by Gasteiger charge is -2.23. The summed E-state index contributed by atoms with van der Waals surface area (Å²) in [5.74, 6) is 0.681. The predicted molar refractivity (Wildman–Crippen MR) is 59.8 cm³/mol. The Balaban J connectivity index is 2.34. The number of hydrogen-bond donors (Lipinski definition) is 4. The summed E-state index contributed by atoms with van der Waals surface area (Å²) in [6.07, 6.45) is 3.39. The van der Waals surface area contributed by atoms with Crippen LogP contribution in [-0.2, 0) is 0 Å². The first kappa shape index (κ1) is 9.49. The highest BCUT2D eigenvalue weighted by Gasteiger charge is 2.40. The van der Waals surface area contributed by atoms with Crippen molar-refractivity contribution in [2.75, 3.05) is 0 Å². The summed E-state index contributed by atoms with van der Waals surface area (Å²) in [6, 6.07) is 0. The summed E-state index contributed by atoms with van der Waals surface area (Å²) in [7, 11) is 0. The zero-order chi connectivity index (χ0) is 7.78. The molecule has 60 valence electrons. The van der Waals surface area contributed by atoms with Gasteiger partial charge in [-0.15, -0.1) is 0 Å². The quantitative estimate of drug-likeness (QED) is 0.401. The van der Waals surface area contributed by atoms with E-state index in [4.69, 9.17) is 0 Å². The third-order valence-electron chi connectivity index (χ3n) is 1.71. The van der Waals surface area contributed by atoms with E-state index in [1.54, 1.807) is 0 Å². The lowest BCUT2D eigenvalue weighted by atomic mass is 10.2. The van der Waals surface area contributed by atoms with Crippen LogP contribution in [0.1, 0.15) is 19.3 Å². The van der Waals surface area contributed by atoms with Crippen LogP contribution in [0.5, 0.6) is 0 Å². The molecule has 0 aromatic heterocycles. The fourth-order valence-corrected chi connectivity index (χ4v) is 3.01. The predicted octanol–water partition coefficient (Wildman–Crippen LogP) is 2.53. The van der Waals surface area contributed by atoms with Gasteiger partial charge in [-0.1, -0.05) is 0 Å². The molecule has 0 amide bonds. The van der Waals surface area contributed by atoms with Crippen molar-refractivity contribution in [3.05, 3.63) is 0 Å². The highest BCUT2D eigenvalue weighted by molar-refractivity contribution is 8.01. The summed E-state index contributed by atoms with van der Waals surface area (Å²) in [5, 5.41) is 0. The molecule has 0 spiro atoms. The zero-order valence-electron chi connectivity index (χ0n) is 5.56. The normalized spacial score (nSPS) is 20.1. The first-order valence-electron chi connectivity index (χ1n) is 3.33. The smallest absolute Gasteiger partial charge is 0.0598 e. The third-order valence-corrected chi connectivity index (χ3v) is 3.17. The standard InChI is InChI=1S/C6H12S4/c7-5(8)3-6(9,10)4-1-2-4/h4-5,7-10H,1-3H2. The van der Waals surface area contributed by atoms with E-state index in [-0.39, 0.29) is 8.66 Å². The van der Waals surface area contributed by atoms with Gasteiger partial charge < -0.3 is 0 Å². The van der Waals surface area contributed by atoms with E-state index in [1.165, 1.54) is 12.8 Å². The van der Waals surface area contributed by atoms with Crippen LogP contribution in [0.15, 0.2) is 0 Å². The molecule has 0 aromatic rings. The molecule has 0 heterocycles. The SMILES string of the molecule is SC(S)CC(S)(S)C1CC1. The molecule has 0 N–H and O–H groups in total. The monoisotopic (exact) mass is 212 g/mol. The lowest BCUT2D eigenvalue weighted by Crippen LogP contribution is -2.19. The van der Waals surface area contributed by atoms with Crippen molar-refractivity contribution < 1.29 is 0 Å². The average molecular weight is 212 g/mol. The maximum Gasteiger partial charge on any atom is 0.0598 e. The van der Waals surface area contributed by atoms with Crippen molar-refractivity contribution >= 4 is 50.5 Å². The van der Waals surface area contributed by atoms with Gasteiger partial charge in [-0.3, -0.25) is 0 Å². The maximum atomic E-state index is 4.45. The molecule has 0 saturated heterocycles. The second-order valence-electron chi connectivity index (χ2n) is 2.84. The minimum atomic E-state index is -0.131. The number of thiol groups is 4. The van der Waals surface area contributed by atoms with Gasteiger partial charge in [-0.2, -0.15) is 50.5 Å². The lowest BCUT2D eigenvalue weighted by molar-refractivity contribution is 0.683. The van der Waals surface area contributed by atoms with Crippen molar-refractivity contribution in [1.29, 1.82) is 0 Å². The van der Waals surface area contributed by atoms with Crippen LogP contribution in [-0.4, -0.2) is 8.66 Å². The van der Waals surface area contributed by atoms with Crippen LogP contribution in [0.2, 0.25) is 0 Å². The molecule has 1 aliphatic rings. The number of rotatable bonds is 3. The van der Waals surface area contributed by atoms with Gasteiger partial charge in [0, 0.05) is 4.58 Å². The molecule has 0 unspecified atom stereocenters. The van der Waals surface area contributed by atoms with Crippen molar-refractivity contribution in [3.8, 4) is 0 Å². The van der Waals surface area contributed by atoms with E-state index in [0.717, 1.165) is 6.42 Å². The van der Waals surface area contributed by atoms with E-state index in [2.05, 4.69) is 50.5 Å². The second kappa shape index (κ2) is 3.42. The molecule has 0 aromatic carbocycles. The zero-order valence-corrected chi connectivity index (χ0v) is 9.14. The summed E-state index contributed by atoms with van der Waals surface area (Å²) in [4.78, 5) is 0. The molecule has 4 heteroatoms. The van der Waals surface area contributed by atoms with E-state index < -0.39 is 0 Å². The second-order valence-corrected chi connectivity index (χ2v) is 6.44. The van der Waals surface area contributed by atoms with Gasteiger partial charge in [-0.05, 0) is 25.2 Å². The molecular weight excluding hydrogens is 200 g/mol. The Kier molecular flexibility index (Phi) is 3.24. The Morgan fingerprint density at radius 1 is 1.30 bits per heavy atom. The van der Waals surface area contributed by atoms with E-state index in [1.807, 2.05) is 0 Å². The molecule has 1 fully saturated rings. The van der Waals surface area contributed by atoms with E-state index in [9.17, 15) is 0 Å². The first-order chi connectivity index (χ1) is 4.52. The molecule has 1 aliphatic carbocycles. The van der Waals surface area contributed by atoms with Crippen LogP contribution in [0, 0.1) is 5.92 Å². The summed E-state index contributed by atoms with van der Waals surface area (Å²) >= 11 is 17.3. The topological polar surface area (TPSA) is 0 Å². The molecular formula is C6H12S4. The Morgan fingerprint density at radius 2 is 1.80 bits per heavy atom. The minimum absolute atomic E-state index is 0.107. The molecule has 0 atom stereocenters. The van der Waals surface area contributed by atoms with Gasteiger partial charge in [0.15, 0.2) is 0 Å². The molecule has 0 bridgehead atoms. The van der Waals surface area contributed by atoms with Crippen molar-refractivity contribution in [2.24, 2.45) is 5.92 Å². The largest absolute Gasteiger partial charge is 0.165 e. The summed E-state index contributed by atoms with van der Waals surface area (Å²) < 4.78 is -0.0237. The van der Waals surface area contributed by atoms with Gasteiger partial charge >= 0.3 is 0 Å². The highest BCUT2D eigenvalue weighted by atomic mass is 32.2. The summed E-state index contributed by atoms with van der Waals surface area (Å²) in [5.41, 5.74) is 0. The highest BCUT2D eigenvalue weighted by Crippen LogP contribution is 2.49. The van der Waals surface area contributed by atoms with Crippen LogP contribution in [0.4, 0.5) is 0 Å². The number of hydrogen-bond acceptors (Lipinski definition) is 4. The molecule has 0 radical (unpaired) electrons. The van der Waals surface area contributed by atoms with Crippen molar-refractivity contribution in [3.63, 3.8) is 0 Å². The molecule has 10 heavy (non-hydrogen) atoms. The van der Waals surface area contributed by atoms with Gasteiger partial charge in [0.2, 0.25) is 0 Å². The first-order valence-corrected chi connectivity index (χ1v) is 5.26. The fraction of sp³-hybridized carbons (Fsp3) is 1.00. The molecule has 1 saturated carbocycles. The Labute approximate surface area is 84.2 Å². The van der Waals surface area contributed by atoms with Gasteiger partial charge in [0.05, 0.1) is 4.08 Å². The molecule has 0 aliphatic heterocycles. The molecule has 1 rings (SSSR count). The van der Waals surface area contributed by atoms with Gasteiger partial charge in [0.1, 0.15) is 0 Å². The minimum Gasteiger partial charge on any atom is -0.165 e. The van der Waals surface area contributed by atoms with Gasteiger partial charge in [0.25, 0.3) is 0 Å². The van der Waals surface area contributed by atoms with Crippen LogP contribution in [0.3, 0.4) is 0 Å². The maximum absolute atomic E-state index is 4.45. The van der Waals surface area contributed by atoms with Crippen LogP contribution < -0.4 is 0 Å². The summed E-state index contributed by atoms with van der Waals surface area (Å²) in [6.45, 7) is 0. The Hall–Kier alpha value is 1.40. The van der Waals surface area contributed by atoms with Crippen molar-refractivity contribution in [1.82, 2.24) is 0 Å². The fourth-order valence-electron chi connectivity index (χ4n) is 0.981. The van der Waals surface area contributed by atoms with Crippen LogP contribution in [0.25, 0.3) is 0 Å². The average Bonchev–Trinajstić information content (AvgIpc) is 2.35. The van der Waals surface area contributed by atoms with E-state index in [0.29, 0.717) is 5.92 Å².